The van der Waals surface area contributed by atoms with Crippen molar-refractivity contribution in [2.45, 2.75) is 38.1 Å². The molecule has 0 heterocycles. The Hall–Kier alpha value is -1.50. The van der Waals surface area contributed by atoms with E-state index < -0.39 is 12.0 Å². The molecule has 92 valence electrons. The molecule has 2 N–H and O–H groups in total. The summed E-state index contributed by atoms with van der Waals surface area (Å²) in [5, 5.41) is 11.5. The van der Waals surface area contributed by atoms with Gasteiger partial charge >= 0.3 is 5.97 Å². The predicted molar refractivity (Wildman–Crippen MR) is 62.0 cm³/mol. The second kappa shape index (κ2) is 4.79. The van der Waals surface area contributed by atoms with Crippen LogP contribution in [0, 0.1) is 30.1 Å². The smallest absolute Gasteiger partial charge is 0.327 e. The van der Waals surface area contributed by atoms with Gasteiger partial charge in [0.05, 0.1) is 0 Å². The number of carbonyl (C=O) groups excluding carboxylic acids is 1. The van der Waals surface area contributed by atoms with Crippen molar-refractivity contribution in [1.29, 1.82) is 0 Å². The first kappa shape index (κ1) is 12.0. The molecule has 0 radical (unpaired) electrons. The van der Waals surface area contributed by atoms with Crippen LogP contribution in [-0.2, 0) is 9.59 Å². The lowest BCUT2D eigenvalue weighted by molar-refractivity contribution is -0.141. The fraction of sp³-hybridized carbons (Fsp3) is 0.692. The fourth-order valence-corrected chi connectivity index (χ4v) is 2.97. The van der Waals surface area contributed by atoms with Crippen LogP contribution in [0.1, 0.15) is 32.1 Å². The Bertz CT molecular complexity index is 359. The highest BCUT2D eigenvalue weighted by Gasteiger charge is 2.54. The quantitative estimate of drug-likeness (QED) is 0.715. The van der Waals surface area contributed by atoms with E-state index in [1.807, 2.05) is 0 Å². The molecule has 0 bridgehead atoms. The molecule has 2 aliphatic rings. The van der Waals surface area contributed by atoms with Gasteiger partial charge < -0.3 is 10.4 Å². The topological polar surface area (TPSA) is 66.4 Å². The van der Waals surface area contributed by atoms with E-state index in [1.54, 1.807) is 0 Å². The normalized spacial score (nSPS) is 31.8. The van der Waals surface area contributed by atoms with Crippen LogP contribution in [0.15, 0.2) is 0 Å². The Kier molecular flexibility index (Phi) is 3.37. The van der Waals surface area contributed by atoms with Gasteiger partial charge in [-0.1, -0.05) is 12.8 Å². The molecule has 1 amide bonds. The molecule has 0 spiro atoms. The number of carboxylic acids is 1. The summed E-state index contributed by atoms with van der Waals surface area (Å²) in [4.78, 5) is 22.8. The maximum atomic E-state index is 11.9. The number of aliphatic carboxylic acids is 1. The number of hydrogen-bond donors (Lipinski definition) is 2. The SMILES string of the molecule is C#CCC(NC(=O)C1C2CCCCC21)C(=O)O. The van der Waals surface area contributed by atoms with Crippen LogP contribution in [0.4, 0.5) is 0 Å². The number of nitrogens with one attached hydrogen (secondary N) is 1. The third-order valence-electron chi connectivity index (χ3n) is 3.90. The van der Waals surface area contributed by atoms with Gasteiger partial charge in [0.25, 0.3) is 0 Å². The Morgan fingerprint density at radius 2 is 1.94 bits per heavy atom. The minimum atomic E-state index is -1.06. The Labute approximate surface area is 101 Å². The number of terminal acetylenes is 1. The van der Waals surface area contributed by atoms with Crippen LogP contribution in [0.2, 0.25) is 0 Å². The molecule has 2 rings (SSSR count). The largest absolute Gasteiger partial charge is 0.480 e. The molecule has 2 aliphatic carbocycles. The molecule has 3 unspecified atom stereocenters. The third kappa shape index (κ3) is 2.44. The highest BCUT2D eigenvalue weighted by Crippen LogP contribution is 2.55. The first-order chi connectivity index (χ1) is 8.15. The van der Waals surface area contributed by atoms with Gasteiger partial charge in [0.1, 0.15) is 6.04 Å². The predicted octanol–water partition coefficient (Wildman–Crippen LogP) is 1.02. The van der Waals surface area contributed by atoms with Gasteiger partial charge in [0.15, 0.2) is 0 Å². The first-order valence-electron chi connectivity index (χ1n) is 6.11. The zero-order chi connectivity index (χ0) is 12.4. The number of hydrogen-bond acceptors (Lipinski definition) is 2. The van der Waals surface area contributed by atoms with Crippen molar-refractivity contribution in [3.8, 4) is 12.3 Å². The van der Waals surface area contributed by atoms with Crippen molar-refractivity contribution >= 4 is 11.9 Å². The lowest BCUT2D eigenvalue weighted by atomic mass is 10.0. The molecule has 0 aromatic carbocycles. The summed E-state index contributed by atoms with van der Waals surface area (Å²) < 4.78 is 0. The van der Waals surface area contributed by atoms with Crippen molar-refractivity contribution in [2.24, 2.45) is 17.8 Å². The van der Waals surface area contributed by atoms with Crippen molar-refractivity contribution < 1.29 is 14.7 Å². The lowest BCUT2D eigenvalue weighted by Crippen LogP contribution is -2.41. The molecule has 4 heteroatoms. The summed E-state index contributed by atoms with van der Waals surface area (Å²) >= 11 is 0. The zero-order valence-electron chi connectivity index (χ0n) is 9.69. The lowest BCUT2D eigenvalue weighted by Gasteiger charge is -2.11. The molecule has 3 atom stereocenters. The minimum Gasteiger partial charge on any atom is -0.480 e. The molecule has 0 aromatic heterocycles. The van der Waals surface area contributed by atoms with Gasteiger partial charge in [-0.25, -0.2) is 4.79 Å². The van der Waals surface area contributed by atoms with Crippen molar-refractivity contribution in [3.05, 3.63) is 0 Å². The zero-order valence-corrected chi connectivity index (χ0v) is 9.69. The monoisotopic (exact) mass is 235 g/mol. The number of rotatable bonds is 4. The van der Waals surface area contributed by atoms with Crippen molar-refractivity contribution in [1.82, 2.24) is 5.32 Å². The standard InChI is InChI=1S/C13H17NO3/c1-2-5-10(13(16)17)14-12(15)11-8-6-3-4-7-9(8)11/h1,8-11H,3-7H2,(H,14,15)(H,16,17). The van der Waals surface area contributed by atoms with E-state index in [4.69, 9.17) is 11.5 Å². The van der Waals surface area contributed by atoms with E-state index >= 15 is 0 Å². The molecule has 2 fully saturated rings. The Morgan fingerprint density at radius 1 is 1.35 bits per heavy atom. The van der Waals surface area contributed by atoms with E-state index in [1.165, 1.54) is 12.8 Å². The summed E-state index contributed by atoms with van der Waals surface area (Å²) in [5.41, 5.74) is 0. The van der Waals surface area contributed by atoms with E-state index in [2.05, 4.69) is 11.2 Å². The van der Waals surface area contributed by atoms with Crippen LogP contribution in [0.5, 0.6) is 0 Å². The van der Waals surface area contributed by atoms with Crippen LogP contribution >= 0.6 is 0 Å². The second-order valence-electron chi connectivity index (χ2n) is 4.95. The highest BCUT2D eigenvalue weighted by atomic mass is 16.4. The molecular weight excluding hydrogens is 218 g/mol. The van der Waals surface area contributed by atoms with E-state index in [9.17, 15) is 9.59 Å². The summed E-state index contributed by atoms with van der Waals surface area (Å²) in [6.07, 6.45) is 9.73. The fourth-order valence-electron chi connectivity index (χ4n) is 2.97. The minimum absolute atomic E-state index is 0.0390. The molecule has 17 heavy (non-hydrogen) atoms. The molecule has 2 saturated carbocycles. The van der Waals surface area contributed by atoms with Gasteiger partial charge in [-0.15, -0.1) is 12.3 Å². The number of carboxylic acid groups (broad SMARTS) is 1. The third-order valence-corrected chi connectivity index (χ3v) is 3.90. The Balaban J connectivity index is 1.89. The van der Waals surface area contributed by atoms with Gasteiger partial charge in [-0.3, -0.25) is 4.79 Å². The molecule has 0 aromatic rings. The maximum Gasteiger partial charge on any atom is 0.327 e. The first-order valence-corrected chi connectivity index (χ1v) is 6.11. The van der Waals surface area contributed by atoms with Crippen molar-refractivity contribution in [2.75, 3.05) is 0 Å². The van der Waals surface area contributed by atoms with Gasteiger partial charge in [-0.2, -0.15) is 0 Å². The molecular formula is C13H17NO3. The highest BCUT2D eigenvalue weighted by molar-refractivity contribution is 5.87. The van der Waals surface area contributed by atoms with E-state index in [-0.39, 0.29) is 18.2 Å². The summed E-state index contributed by atoms with van der Waals surface area (Å²) in [7, 11) is 0. The molecule has 4 nitrogen and oxygen atoms in total. The molecule has 0 saturated heterocycles. The van der Waals surface area contributed by atoms with Crippen LogP contribution < -0.4 is 5.32 Å². The van der Waals surface area contributed by atoms with Crippen molar-refractivity contribution in [3.63, 3.8) is 0 Å². The van der Waals surface area contributed by atoms with E-state index in [0.717, 1.165) is 12.8 Å². The summed E-state index contributed by atoms with van der Waals surface area (Å²) in [6.45, 7) is 0. The number of amides is 1. The Morgan fingerprint density at radius 3 is 2.41 bits per heavy atom. The summed E-state index contributed by atoms with van der Waals surface area (Å²) in [5.74, 6) is 2.12. The van der Waals surface area contributed by atoms with Crippen LogP contribution in [0.25, 0.3) is 0 Å². The summed E-state index contributed by atoms with van der Waals surface area (Å²) in [6, 6.07) is -0.935. The molecule has 0 aliphatic heterocycles. The van der Waals surface area contributed by atoms with Crippen LogP contribution in [-0.4, -0.2) is 23.0 Å². The van der Waals surface area contributed by atoms with Gasteiger partial charge in [-0.05, 0) is 24.7 Å². The average Bonchev–Trinajstić information content (AvgIpc) is 3.02. The number of fused-ring (bicyclic) bond motifs is 1. The van der Waals surface area contributed by atoms with Gasteiger partial charge in [0.2, 0.25) is 5.91 Å². The van der Waals surface area contributed by atoms with E-state index in [0.29, 0.717) is 11.8 Å². The average molecular weight is 235 g/mol. The van der Waals surface area contributed by atoms with Gasteiger partial charge in [0, 0.05) is 12.3 Å². The maximum absolute atomic E-state index is 11.9. The van der Waals surface area contributed by atoms with Crippen LogP contribution in [0.3, 0.4) is 0 Å². The second-order valence-corrected chi connectivity index (χ2v) is 4.95. The number of carbonyl (C=O) groups is 2.